The Labute approximate surface area is 66.4 Å². The van der Waals surface area contributed by atoms with E-state index < -0.39 is 0 Å². The van der Waals surface area contributed by atoms with Crippen molar-refractivity contribution < 1.29 is 9.84 Å². The van der Waals surface area contributed by atoms with Crippen molar-refractivity contribution in [2.45, 2.75) is 6.92 Å². The average Bonchev–Trinajstić information content (AvgIpc) is 2.04. The highest BCUT2D eigenvalue weighted by Crippen LogP contribution is 2.22. The number of rotatable bonds is 2. The summed E-state index contributed by atoms with van der Waals surface area (Å²) in [6.45, 7) is 1.64. The number of para-hydroxylation sites is 1. The highest BCUT2D eigenvalue weighted by atomic mass is 16.5. The number of hydrogen-bond donors (Lipinski definition) is 1. The van der Waals surface area contributed by atoms with E-state index in [2.05, 4.69) is 0 Å². The van der Waals surface area contributed by atoms with E-state index in [-0.39, 0.29) is 6.10 Å². The lowest BCUT2D eigenvalue weighted by Crippen LogP contribution is -1.95. The molecule has 0 fully saturated rings. The molecule has 0 heterocycles. The highest BCUT2D eigenvalue weighted by molar-refractivity contribution is 5.39. The number of hydrogen-bond acceptors (Lipinski definition) is 2. The molecule has 1 aromatic carbocycles. The second-order valence-corrected chi connectivity index (χ2v) is 2.29. The number of aliphatic hydroxyl groups is 1. The molecule has 0 atom stereocenters. The van der Waals surface area contributed by atoms with Crippen molar-refractivity contribution in [3.63, 3.8) is 0 Å². The van der Waals surface area contributed by atoms with Gasteiger partial charge in [0, 0.05) is 5.56 Å². The van der Waals surface area contributed by atoms with Gasteiger partial charge >= 0.3 is 0 Å². The van der Waals surface area contributed by atoms with Crippen molar-refractivity contribution in [2.24, 2.45) is 0 Å². The molecule has 0 aliphatic rings. The molecule has 1 rings (SSSR count). The fraction of sp³-hybridized carbons (Fsp3) is 0.222. The Balaban J connectivity index is 3.02. The van der Waals surface area contributed by atoms with E-state index in [9.17, 15) is 5.11 Å². The predicted molar refractivity (Wildman–Crippen MR) is 42.9 cm³/mol. The smallest absolute Gasteiger partial charge is 0.125 e. The van der Waals surface area contributed by atoms with E-state index in [0.717, 1.165) is 5.56 Å². The van der Waals surface area contributed by atoms with Crippen molar-refractivity contribution in [1.82, 2.24) is 0 Å². The fourth-order valence-electron chi connectivity index (χ4n) is 0.944. The van der Waals surface area contributed by atoms with Crippen LogP contribution in [0, 0.1) is 6.10 Å². The van der Waals surface area contributed by atoms with Gasteiger partial charge in [-0.1, -0.05) is 18.2 Å². The van der Waals surface area contributed by atoms with E-state index >= 15 is 0 Å². The first-order chi connectivity index (χ1) is 5.25. The van der Waals surface area contributed by atoms with Crippen LogP contribution in [0.3, 0.4) is 0 Å². The molecule has 2 heteroatoms. The molecular formula is C9H11O2. The van der Waals surface area contributed by atoms with Gasteiger partial charge in [-0.2, -0.15) is 0 Å². The largest absolute Gasteiger partial charge is 0.496 e. The van der Waals surface area contributed by atoms with Gasteiger partial charge in [0.05, 0.1) is 7.11 Å². The van der Waals surface area contributed by atoms with Gasteiger partial charge in [0.15, 0.2) is 0 Å². The molecule has 0 amide bonds. The standard InChI is InChI=1S/C9H11O2/c1-7(10)8-5-3-4-6-9(8)11-2/h3-6,10H,1-2H3. The molecule has 1 aromatic rings. The van der Waals surface area contributed by atoms with Crippen molar-refractivity contribution in [3.05, 3.63) is 35.9 Å². The Hall–Kier alpha value is -1.02. The van der Waals surface area contributed by atoms with Crippen LogP contribution in [-0.2, 0) is 0 Å². The zero-order valence-electron chi connectivity index (χ0n) is 6.66. The van der Waals surface area contributed by atoms with E-state index in [1.165, 1.54) is 0 Å². The van der Waals surface area contributed by atoms with Crippen LogP contribution in [0.2, 0.25) is 0 Å². The predicted octanol–water partition coefficient (Wildman–Crippen LogP) is 1.97. The minimum Gasteiger partial charge on any atom is -0.496 e. The molecule has 1 radical (unpaired) electrons. The monoisotopic (exact) mass is 151 g/mol. The Morgan fingerprint density at radius 1 is 1.36 bits per heavy atom. The number of benzene rings is 1. The molecule has 59 valence electrons. The third-order valence-corrected chi connectivity index (χ3v) is 1.50. The maximum atomic E-state index is 9.17. The summed E-state index contributed by atoms with van der Waals surface area (Å²) in [7, 11) is 1.59. The number of ether oxygens (including phenoxy) is 1. The molecule has 0 saturated heterocycles. The molecule has 2 nitrogen and oxygen atoms in total. The topological polar surface area (TPSA) is 29.5 Å². The third kappa shape index (κ3) is 1.71. The molecule has 1 N–H and O–H groups in total. The Morgan fingerprint density at radius 2 is 2.00 bits per heavy atom. The summed E-state index contributed by atoms with van der Waals surface area (Å²) in [6.07, 6.45) is 0.280. The van der Waals surface area contributed by atoms with Crippen LogP contribution < -0.4 is 4.74 Å². The summed E-state index contributed by atoms with van der Waals surface area (Å²) in [5, 5.41) is 9.17. The van der Waals surface area contributed by atoms with Gasteiger partial charge in [-0.25, -0.2) is 0 Å². The quantitative estimate of drug-likeness (QED) is 0.700. The Morgan fingerprint density at radius 3 is 2.45 bits per heavy atom. The van der Waals surface area contributed by atoms with Gasteiger partial charge < -0.3 is 9.84 Å². The molecule has 0 saturated carbocycles. The molecule has 11 heavy (non-hydrogen) atoms. The van der Waals surface area contributed by atoms with Gasteiger partial charge in [0.25, 0.3) is 0 Å². The van der Waals surface area contributed by atoms with Crippen molar-refractivity contribution in [3.8, 4) is 5.75 Å². The van der Waals surface area contributed by atoms with Crippen LogP contribution >= 0.6 is 0 Å². The van der Waals surface area contributed by atoms with Gasteiger partial charge in [-0.15, -0.1) is 0 Å². The molecule has 0 spiro atoms. The number of aliphatic hydroxyl groups excluding tert-OH is 1. The highest BCUT2D eigenvalue weighted by Gasteiger charge is 2.06. The Kier molecular flexibility index (Phi) is 2.49. The molecular weight excluding hydrogens is 140 g/mol. The van der Waals surface area contributed by atoms with Gasteiger partial charge in [-0.3, -0.25) is 0 Å². The van der Waals surface area contributed by atoms with Crippen molar-refractivity contribution in [2.75, 3.05) is 7.11 Å². The zero-order chi connectivity index (χ0) is 8.27. The molecule has 0 aromatic heterocycles. The summed E-state index contributed by atoms with van der Waals surface area (Å²) in [5.74, 6) is 0.701. The van der Waals surface area contributed by atoms with Crippen LogP contribution in [0.15, 0.2) is 24.3 Å². The molecule has 0 aliphatic heterocycles. The van der Waals surface area contributed by atoms with E-state index in [1.54, 1.807) is 14.0 Å². The molecule has 0 bridgehead atoms. The second kappa shape index (κ2) is 3.39. The summed E-state index contributed by atoms with van der Waals surface area (Å²) in [4.78, 5) is 0. The maximum absolute atomic E-state index is 9.17. The van der Waals surface area contributed by atoms with Crippen LogP contribution in [0.5, 0.6) is 5.75 Å². The van der Waals surface area contributed by atoms with Crippen LogP contribution in [0.4, 0.5) is 0 Å². The summed E-state index contributed by atoms with van der Waals surface area (Å²) in [5.41, 5.74) is 0.745. The summed E-state index contributed by atoms with van der Waals surface area (Å²) < 4.78 is 5.03. The van der Waals surface area contributed by atoms with Gasteiger partial charge in [-0.05, 0) is 13.0 Å². The van der Waals surface area contributed by atoms with E-state index in [0.29, 0.717) is 5.75 Å². The zero-order valence-corrected chi connectivity index (χ0v) is 6.66. The SMILES string of the molecule is COc1ccccc1[C](C)O. The lowest BCUT2D eigenvalue weighted by Gasteiger charge is -2.08. The lowest BCUT2D eigenvalue weighted by atomic mass is 10.1. The third-order valence-electron chi connectivity index (χ3n) is 1.50. The van der Waals surface area contributed by atoms with E-state index in [1.807, 2.05) is 24.3 Å². The lowest BCUT2D eigenvalue weighted by molar-refractivity contribution is 0.329. The Bertz CT molecular complexity index is 231. The van der Waals surface area contributed by atoms with Gasteiger partial charge in [0.2, 0.25) is 0 Å². The summed E-state index contributed by atoms with van der Waals surface area (Å²) >= 11 is 0. The van der Waals surface area contributed by atoms with E-state index in [4.69, 9.17) is 4.74 Å². The van der Waals surface area contributed by atoms with Crippen LogP contribution in [0.1, 0.15) is 12.5 Å². The van der Waals surface area contributed by atoms with Crippen molar-refractivity contribution >= 4 is 0 Å². The summed E-state index contributed by atoms with van der Waals surface area (Å²) in [6, 6.07) is 7.35. The second-order valence-electron chi connectivity index (χ2n) is 2.29. The average molecular weight is 151 g/mol. The minimum absolute atomic E-state index is 0.280. The first kappa shape index (κ1) is 8.08. The molecule has 0 unspecified atom stereocenters. The molecule has 0 aliphatic carbocycles. The first-order valence-corrected chi connectivity index (χ1v) is 3.41. The van der Waals surface area contributed by atoms with Crippen LogP contribution in [-0.4, -0.2) is 12.2 Å². The van der Waals surface area contributed by atoms with Crippen molar-refractivity contribution in [1.29, 1.82) is 0 Å². The minimum atomic E-state index is 0.280. The van der Waals surface area contributed by atoms with Crippen LogP contribution in [0.25, 0.3) is 0 Å². The number of methoxy groups -OCH3 is 1. The fourth-order valence-corrected chi connectivity index (χ4v) is 0.944. The normalized spacial score (nSPS) is 10.2. The van der Waals surface area contributed by atoms with Gasteiger partial charge in [0.1, 0.15) is 11.9 Å². The first-order valence-electron chi connectivity index (χ1n) is 3.41. The maximum Gasteiger partial charge on any atom is 0.125 e.